The van der Waals surface area contributed by atoms with Crippen LogP contribution in [0.4, 0.5) is 0 Å². The minimum absolute atomic E-state index is 0.0926. The topological polar surface area (TPSA) is 45.4 Å². The molecule has 1 rings (SSSR count). The zero-order valence-corrected chi connectivity index (χ0v) is 9.82. The first kappa shape index (κ1) is 12.3. The molecule has 0 aliphatic carbocycles. The second-order valence-electron chi connectivity index (χ2n) is 4.54. The van der Waals surface area contributed by atoms with Crippen LogP contribution >= 0.6 is 0 Å². The molecule has 0 N–H and O–H groups in total. The van der Waals surface area contributed by atoms with Gasteiger partial charge in [-0.25, -0.2) is 0 Å². The highest BCUT2D eigenvalue weighted by Gasteiger charge is 2.06. The van der Waals surface area contributed by atoms with Crippen molar-refractivity contribution in [2.45, 2.75) is 27.4 Å². The lowest BCUT2D eigenvalue weighted by Crippen LogP contribution is -2.06. The highest BCUT2D eigenvalue weighted by Crippen LogP contribution is 2.09. The van der Waals surface area contributed by atoms with E-state index in [1.54, 1.807) is 12.1 Å². The number of hydrogen-bond acceptors (Lipinski definition) is 3. The molecule has 3 heteroatoms. The van der Waals surface area contributed by atoms with Gasteiger partial charge in [0.05, 0.1) is 11.6 Å². The van der Waals surface area contributed by atoms with Crippen LogP contribution in [0.1, 0.15) is 31.9 Å². The Labute approximate surface area is 96.3 Å². The number of nitrogens with zero attached hydrogens (tertiary/aromatic N) is 2. The molecule has 1 aromatic carbocycles. The zero-order chi connectivity index (χ0) is 12.0. The van der Waals surface area contributed by atoms with Gasteiger partial charge in [-0.15, -0.1) is 0 Å². The van der Waals surface area contributed by atoms with E-state index in [0.29, 0.717) is 12.2 Å². The standard InChI is InChI=1S/C13H15N2O/c1-13(2,3)10-15-16-9-12-6-4-11(8-14)5-7-12/h4-7H,9H2,1-3H3. The first-order valence-corrected chi connectivity index (χ1v) is 5.09. The van der Waals surface area contributed by atoms with Crippen LogP contribution in [0.5, 0.6) is 0 Å². The van der Waals surface area contributed by atoms with Gasteiger partial charge in [-0.2, -0.15) is 5.26 Å². The fourth-order valence-corrected chi connectivity index (χ4v) is 0.952. The van der Waals surface area contributed by atoms with Crippen LogP contribution in [0.3, 0.4) is 0 Å². The van der Waals surface area contributed by atoms with E-state index in [9.17, 15) is 0 Å². The Morgan fingerprint density at radius 3 is 2.38 bits per heavy atom. The summed E-state index contributed by atoms with van der Waals surface area (Å²) in [6, 6.07) is 9.29. The fraction of sp³-hybridized carbons (Fsp3) is 0.385. The van der Waals surface area contributed by atoms with Gasteiger partial charge in [0.2, 0.25) is 0 Å². The van der Waals surface area contributed by atoms with Crippen LogP contribution in [0.25, 0.3) is 0 Å². The molecule has 0 aliphatic rings. The van der Waals surface area contributed by atoms with Crippen molar-refractivity contribution in [1.29, 1.82) is 5.26 Å². The van der Waals surface area contributed by atoms with Crippen LogP contribution < -0.4 is 0 Å². The summed E-state index contributed by atoms with van der Waals surface area (Å²) in [6.45, 7) is 6.40. The highest BCUT2D eigenvalue weighted by molar-refractivity contribution is 5.63. The van der Waals surface area contributed by atoms with E-state index in [4.69, 9.17) is 10.1 Å². The average Bonchev–Trinajstić information content (AvgIpc) is 2.24. The minimum Gasteiger partial charge on any atom is -0.391 e. The molecule has 0 unspecified atom stereocenters. The van der Waals surface area contributed by atoms with Crippen molar-refractivity contribution in [1.82, 2.24) is 0 Å². The van der Waals surface area contributed by atoms with Crippen LogP contribution in [-0.4, -0.2) is 6.21 Å². The molecule has 1 radical (unpaired) electrons. The van der Waals surface area contributed by atoms with Gasteiger partial charge in [-0.1, -0.05) is 38.1 Å². The number of nitriles is 1. The maximum absolute atomic E-state index is 8.62. The first-order valence-electron chi connectivity index (χ1n) is 5.09. The van der Waals surface area contributed by atoms with Crippen molar-refractivity contribution in [3.63, 3.8) is 0 Å². The Morgan fingerprint density at radius 1 is 1.25 bits per heavy atom. The molecule has 0 fully saturated rings. The summed E-state index contributed by atoms with van der Waals surface area (Å²) >= 11 is 0. The summed E-state index contributed by atoms with van der Waals surface area (Å²) in [5.74, 6) is 0. The number of hydrogen-bond donors (Lipinski definition) is 0. The van der Waals surface area contributed by atoms with Crippen molar-refractivity contribution in [2.75, 3.05) is 0 Å². The van der Waals surface area contributed by atoms with Crippen molar-refractivity contribution in [2.24, 2.45) is 10.6 Å². The van der Waals surface area contributed by atoms with Crippen LogP contribution in [0.2, 0.25) is 0 Å². The van der Waals surface area contributed by atoms with E-state index in [1.807, 2.05) is 32.9 Å². The summed E-state index contributed by atoms with van der Waals surface area (Å²) < 4.78 is 0. The molecule has 0 spiro atoms. The summed E-state index contributed by atoms with van der Waals surface area (Å²) in [4.78, 5) is 5.10. The SMILES string of the molecule is CC(C)(C)/[C]=N\OCc1ccc(C#N)cc1. The lowest BCUT2D eigenvalue weighted by Gasteiger charge is -2.08. The van der Waals surface area contributed by atoms with Crippen LogP contribution in [0.15, 0.2) is 29.4 Å². The van der Waals surface area contributed by atoms with Crippen molar-refractivity contribution in [3.8, 4) is 6.07 Å². The number of benzene rings is 1. The average molecular weight is 215 g/mol. The highest BCUT2D eigenvalue weighted by atomic mass is 16.6. The summed E-state index contributed by atoms with van der Waals surface area (Å²) in [5.41, 5.74) is 1.54. The summed E-state index contributed by atoms with van der Waals surface area (Å²) in [7, 11) is 0. The van der Waals surface area contributed by atoms with Gasteiger partial charge < -0.3 is 4.84 Å². The molecule has 0 bridgehead atoms. The molecule has 0 aromatic heterocycles. The molecular weight excluding hydrogens is 200 g/mol. The minimum atomic E-state index is -0.0926. The Bertz CT molecular complexity index is 393. The Hall–Kier alpha value is -1.82. The van der Waals surface area contributed by atoms with E-state index in [-0.39, 0.29) is 5.41 Å². The van der Waals surface area contributed by atoms with Gasteiger partial charge in [-0.3, -0.25) is 0 Å². The monoisotopic (exact) mass is 215 g/mol. The molecular formula is C13H15N2O. The first-order chi connectivity index (χ1) is 7.51. The van der Waals surface area contributed by atoms with Crippen molar-refractivity contribution < 1.29 is 4.84 Å². The molecule has 0 heterocycles. The molecule has 0 atom stereocenters. The lowest BCUT2D eigenvalue weighted by molar-refractivity contribution is 0.129. The third-order valence-electron chi connectivity index (χ3n) is 1.76. The zero-order valence-electron chi connectivity index (χ0n) is 9.82. The fourth-order valence-electron chi connectivity index (χ4n) is 0.952. The van der Waals surface area contributed by atoms with Gasteiger partial charge in [0.1, 0.15) is 12.8 Å². The van der Waals surface area contributed by atoms with Crippen LogP contribution in [0, 0.1) is 16.7 Å². The van der Waals surface area contributed by atoms with Crippen molar-refractivity contribution in [3.05, 3.63) is 35.4 Å². The second-order valence-corrected chi connectivity index (χ2v) is 4.54. The maximum atomic E-state index is 8.62. The van der Waals surface area contributed by atoms with E-state index < -0.39 is 0 Å². The molecule has 16 heavy (non-hydrogen) atoms. The number of rotatable bonds is 3. The van der Waals surface area contributed by atoms with Crippen LogP contribution in [-0.2, 0) is 11.4 Å². The van der Waals surface area contributed by atoms with Gasteiger partial charge in [-0.05, 0) is 17.7 Å². The van der Waals surface area contributed by atoms with E-state index in [0.717, 1.165) is 5.56 Å². The molecule has 83 valence electrons. The van der Waals surface area contributed by atoms with E-state index in [1.165, 1.54) is 0 Å². The Morgan fingerprint density at radius 2 is 1.88 bits per heavy atom. The quantitative estimate of drug-likeness (QED) is 0.574. The third kappa shape index (κ3) is 4.61. The molecule has 0 saturated heterocycles. The normalized spacial score (nSPS) is 11.4. The lowest BCUT2D eigenvalue weighted by atomic mass is 10.00. The van der Waals surface area contributed by atoms with Crippen molar-refractivity contribution >= 4 is 6.21 Å². The van der Waals surface area contributed by atoms with Gasteiger partial charge >= 0.3 is 0 Å². The predicted octanol–water partition coefficient (Wildman–Crippen LogP) is 2.98. The second kappa shape index (κ2) is 5.32. The molecule has 0 amide bonds. The van der Waals surface area contributed by atoms with E-state index in [2.05, 4.69) is 17.4 Å². The van der Waals surface area contributed by atoms with Gasteiger partial charge in [0.25, 0.3) is 0 Å². The molecule has 0 aliphatic heterocycles. The molecule has 1 aromatic rings. The predicted molar refractivity (Wildman–Crippen MR) is 62.8 cm³/mol. The summed E-state index contributed by atoms with van der Waals surface area (Å²) in [6.07, 6.45) is 2.87. The Kier molecular flexibility index (Phi) is 4.07. The van der Waals surface area contributed by atoms with Gasteiger partial charge in [0.15, 0.2) is 0 Å². The Balaban J connectivity index is 2.44. The third-order valence-corrected chi connectivity index (χ3v) is 1.76. The molecule has 3 nitrogen and oxygen atoms in total. The van der Waals surface area contributed by atoms with Gasteiger partial charge in [0, 0.05) is 5.41 Å². The maximum Gasteiger partial charge on any atom is 0.142 e. The smallest absolute Gasteiger partial charge is 0.142 e. The summed E-state index contributed by atoms with van der Waals surface area (Å²) in [5, 5.41) is 12.4. The van der Waals surface area contributed by atoms with E-state index >= 15 is 0 Å². The molecule has 0 saturated carbocycles. The largest absolute Gasteiger partial charge is 0.391 e.